The van der Waals surface area contributed by atoms with Crippen molar-refractivity contribution in [2.24, 2.45) is 0 Å². The first kappa shape index (κ1) is 33.9. The van der Waals surface area contributed by atoms with E-state index in [0.29, 0.717) is 6.29 Å². The van der Waals surface area contributed by atoms with Gasteiger partial charge in [0.15, 0.2) is 8.32 Å². The van der Waals surface area contributed by atoms with Gasteiger partial charge in [0, 0.05) is 6.08 Å². The molecule has 0 heterocycles. The Kier molecular flexibility index (Phi) is 12.7. The molecule has 0 aromatic heterocycles. The molecule has 8 nitrogen and oxygen atoms in total. The number of ether oxygens (including phenoxy) is 3. The van der Waals surface area contributed by atoms with Crippen LogP contribution in [0.2, 0.25) is 18.1 Å². The number of carbonyl (C=O) groups excluding carboxylic acids is 3. The van der Waals surface area contributed by atoms with E-state index in [1.165, 1.54) is 6.08 Å². The third-order valence-corrected chi connectivity index (χ3v) is 11.5. The fraction of sp³-hybridized carbons (Fsp3) is 0.607. The molecule has 0 aliphatic carbocycles. The number of benzene rings is 1. The van der Waals surface area contributed by atoms with Crippen LogP contribution in [0.4, 0.5) is 4.79 Å². The number of esters is 1. The summed E-state index contributed by atoms with van der Waals surface area (Å²) in [5.74, 6) is -0.263. The second-order valence-electron chi connectivity index (χ2n) is 11.6. The van der Waals surface area contributed by atoms with Crippen molar-refractivity contribution in [3.05, 3.63) is 47.7 Å². The molecule has 0 aliphatic heterocycles. The number of halogens is 1. The van der Waals surface area contributed by atoms with Gasteiger partial charge in [-0.2, -0.15) is 0 Å². The quantitative estimate of drug-likeness (QED) is 0.0680. The largest absolute Gasteiger partial charge is 0.494 e. The van der Waals surface area contributed by atoms with Crippen LogP contribution in [0.1, 0.15) is 66.5 Å². The van der Waals surface area contributed by atoms with Crippen molar-refractivity contribution in [3.63, 3.8) is 0 Å². The molecule has 0 spiro atoms. The summed E-state index contributed by atoms with van der Waals surface area (Å²) < 4.78 is 22.1. The second-order valence-corrected chi connectivity index (χ2v) is 17.9. The number of amides is 1. The van der Waals surface area contributed by atoms with Crippen molar-refractivity contribution < 1.29 is 33.0 Å². The maximum Gasteiger partial charge on any atom is 0.408 e. The maximum atomic E-state index is 12.6. The standard InChI is InChI=1S/C28H44BrNO7Si/c1-10-34-24(32)18-28(29,20-36-38(8,9)27(5,6)7)23(16-17-31)35-19-22(21-14-12-11-13-15-21)30-25(33)37-26(2,3)4/h11-17,22H,10,18-20H2,1-9H3,(H,30,33)/b23-16-/t22-,28-/m0/s1. The van der Waals surface area contributed by atoms with Gasteiger partial charge in [-0.15, -0.1) is 0 Å². The number of aldehydes is 1. The molecule has 38 heavy (non-hydrogen) atoms. The van der Waals surface area contributed by atoms with E-state index in [9.17, 15) is 14.4 Å². The van der Waals surface area contributed by atoms with Crippen molar-refractivity contribution in [2.45, 2.75) is 89.0 Å². The van der Waals surface area contributed by atoms with Gasteiger partial charge in [0.25, 0.3) is 0 Å². The van der Waals surface area contributed by atoms with Crippen molar-refractivity contribution >= 4 is 42.6 Å². The molecule has 214 valence electrons. The number of hydrogen-bond donors (Lipinski definition) is 1. The van der Waals surface area contributed by atoms with Gasteiger partial charge >= 0.3 is 12.1 Å². The van der Waals surface area contributed by atoms with Crippen molar-refractivity contribution in [1.82, 2.24) is 5.32 Å². The SMILES string of the molecule is CCOC(=O)C[C@](Br)(CO[Si](C)(C)C(C)(C)C)/C(=C/C=O)OC[C@H](NC(=O)OC(C)(C)C)c1ccccc1. The van der Waals surface area contributed by atoms with Crippen LogP contribution in [0, 0.1) is 0 Å². The molecule has 1 aromatic rings. The van der Waals surface area contributed by atoms with E-state index in [1.807, 2.05) is 30.3 Å². The lowest BCUT2D eigenvalue weighted by molar-refractivity contribution is -0.144. The zero-order chi connectivity index (χ0) is 29.2. The molecule has 1 rings (SSSR count). The minimum absolute atomic E-state index is 0.0286. The average Bonchev–Trinajstić information content (AvgIpc) is 2.78. The maximum absolute atomic E-state index is 12.6. The van der Waals surface area contributed by atoms with Gasteiger partial charge in [-0.3, -0.25) is 9.59 Å². The summed E-state index contributed by atoms with van der Waals surface area (Å²) in [6, 6.07) is 8.69. The Morgan fingerprint density at radius 3 is 2.16 bits per heavy atom. The molecule has 0 saturated heterocycles. The minimum Gasteiger partial charge on any atom is -0.494 e. The fourth-order valence-corrected chi connectivity index (χ4v) is 4.92. The van der Waals surface area contributed by atoms with Crippen molar-refractivity contribution in [3.8, 4) is 0 Å². The van der Waals surface area contributed by atoms with Gasteiger partial charge in [0.2, 0.25) is 0 Å². The highest BCUT2D eigenvalue weighted by Crippen LogP contribution is 2.40. The predicted octanol–water partition coefficient (Wildman–Crippen LogP) is 6.46. The summed E-state index contributed by atoms with van der Waals surface area (Å²) in [6.07, 6.45) is 1.14. The molecule has 0 bridgehead atoms. The van der Waals surface area contributed by atoms with Crippen molar-refractivity contribution in [2.75, 3.05) is 19.8 Å². The first-order valence-corrected chi connectivity index (χ1v) is 16.5. The first-order valence-electron chi connectivity index (χ1n) is 12.8. The Morgan fingerprint density at radius 2 is 1.66 bits per heavy atom. The molecule has 1 amide bonds. The van der Waals surface area contributed by atoms with E-state index in [2.05, 4.69) is 55.1 Å². The third kappa shape index (κ3) is 11.3. The topological polar surface area (TPSA) is 100 Å². The van der Waals surface area contributed by atoms with Crippen molar-refractivity contribution in [1.29, 1.82) is 0 Å². The van der Waals surface area contributed by atoms with E-state index in [-0.39, 0.29) is 37.0 Å². The van der Waals surface area contributed by atoms with E-state index in [1.54, 1.807) is 27.7 Å². The minimum atomic E-state index is -2.22. The zero-order valence-corrected chi connectivity index (χ0v) is 26.8. The van der Waals surface area contributed by atoms with E-state index in [4.69, 9.17) is 18.6 Å². The van der Waals surface area contributed by atoms with E-state index < -0.39 is 36.3 Å². The third-order valence-electron chi connectivity index (χ3n) is 6.16. The van der Waals surface area contributed by atoms with Gasteiger partial charge in [-0.25, -0.2) is 4.79 Å². The molecule has 0 unspecified atom stereocenters. The van der Waals surface area contributed by atoms with Crippen LogP contribution in [-0.2, 0) is 28.2 Å². The van der Waals surface area contributed by atoms with Crippen LogP contribution in [0.3, 0.4) is 0 Å². The number of hydrogen-bond acceptors (Lipinski definition) is 7. The van der Waals surface area contributed by atoms with Crippen LogP contribution < -0.4 is 5.32 Å². The van der Waals surface area contributed by atoms with Crippen LogP contribution in [0.25, 0.3) is 0 Å². The highest BCUT2D eigenvalue weighted by Gasteiger charge is 2.43. The van der Waals surface area contributed by atoms with Crippen LogP contribution in [0.5, 0.6) is 0 Å². The summed E-state index contributed by atoms with van der Waals surface area (Å²) >= 11 is 3.67. The summed E-state index contributed by atoms with van der Waals surface area (Å²) in [4.78, 5) is 36.8. The summed E-state index contributed by atoms with van der Waals surface area (Å²) in [5.41, 5.74) is 0.104. The molecular formula is C28H44BrNO7Si. The summed E-state index contributed by atoms with van der Waals surface area (Å²) in [7, 11) is -2.22. The molecule has 0 saturated carbocycles. The number of alkyl carbamates (subject to hydrolysis) is 1. The number of allylic oxidation sites excluding steroid dienone is 1. The molecular weight excluding hydrogens is 570 g/mol. The molecule has 2 atom stereocenters. The second kappa shape index (κ2) is 14.3. The molecule has 0 aliphatic rings. The summed E-state index contributed by atoms with van der Waals surface area (Å²) in [6.45, 7) is 17.9. The molecule has 0 radical (unpaired) electrons. The number of nitrogens with one attached hydrogen (secondary N) is 1. The lowest BCUT2D eigenvalue weighted by atomic mass is 10.0. The number of alkyl halides is 1. The van der Waals surface area contributed by atoms with Gasteiger partial charge in [0.05, 0.1) is 25.7 Å². The van der Waals surface area contributed by atoms with Gasteiger partial charge in [-0.05, 0) is 51.4 Å². The average molecular weight is 615 g/mol. The van der Waals surface area contributed by atoms with Crippen LogP contribution in [-0.4, -0.2) is 56.4 Å². The molecule has 0 fully saturated rings. The zero-order valence-electron chi connectivity index (χ0n) is 24.2. The smallest absolute Gasteiger partial charge is 0.408 e. The first-order chi connectivity index (χ1) is 17.4. The molecule has 10 heteroatoms. The Balaban J connectivity index is 3.29. The molecule has 1 N–H and O–H groups in total. The Bertz CT molecular complexity index is 954. The summed E-state index contributed by atoms with van der Waals surface area (Å²) in [5, 5.41) is 2.77. The number of carbonyl (C=O) groups is 3. The van der Waals surface area contributed by atoms with Gasteiger partial charge in [0.1, 0.15) is 28.6 Å². The highest BCUT2D eigenvalue weighted by molar-refractivity contribution is 9.10. The normalized spacial score (nSPS) is 15.2. The highest BCUT2D eigenvalue weighted by atomic mass is 79.9. The van der Waals surface area contributed by atoms with Crippen LogP contribution in [0.15, 0.2) is 42.2 Å². The van der Waals surface area contributed by atoms with Gasteiger partial charge < -0.3 is 24.0 Å². The van der Waals surface area contributed by atoms with E-state index >= 15 is 0 Å². The monoisotopic (exact) mass is 613 g/mol. The van der Waals surface area contributed by atoms with E-state index in [0.717, 1.165) is 5.56 Å². The van der Waals surface area contributed by atoms with Crippen LogP contribution >= 0.6 is 15.9 Å². The Hall–Kier alpha value is -2.17. The Morgan fingerprint density at radius 1 is 1.05 bits per heavy atom. The lowest BCUT2D eigenvalue weighted by Gasteiger charge is -2.39. The lowest BCUT2D eigenvalue weighted by Crippen LogP contribution is -2.46. The number of rotatable bonds is 13. The predicted molar refractivity (Wildman–Crippen MR) is 155 cm³/mol. The molecule has 1 aromatic carbocycles. The fourth-order valence-electron chi connectivity index (χ4n) is 3.08. The van der Waals surface area contributed by atoms with Gasteiger partial charge in [-0.1, -0.05) is 67.0 Å². The Labute approximate surface area is 237 Å².